The Hall–Kier alpha value is -4.35. The van der Waals surface area contributed by atoms with E-state index in [0.29, 0.717) is 41.5 Å². The van der Waals surface area contributed by atoms with Gasteiger partial charge < -0.3 is 15.5 Å². The number of hydrogen-bond donors (Lipinski definition) is 2. The quantitative estimate of drug-likeness (QED) is 0.385. The number of amides is 2. The molecular formula is C27H31N9O4S. The third-order valence-corrected chi connectivity index (χ3v) is 9.17. The lowest BCUT2D eigenvalue weighted by molar-refractivity contribution is -0.119. The van der Waals surface area contributed by atoms with E-state index >= 15 is 0 Å². The summed E-state index contributed by atoms with van der Waals surface area (Å²) in [5.74, 6) is 0.171. The second kappa shape index (κ2) is 11.3. The molecule has 2 saturated heterocycles. The number of rotatable bonds is 9. The summed E-state index contributed by atoms with van der Waals surface area (Å²) in [6.45, 7) is 4.54. The molecule has 2 N–H and O–H groups in total. The number of carbonyl (C=O) groups is 2. The highest BCUT2D eigenvalue weighted by Gasteiger charge is 2.49. The summed E-state index contributed by atoms with van der Waals surface area (Å²) >= 11 is 0. The first-order valence-electron chi connectivity index (χ1n) is 13.3. The summed E-state index contributed by atoms with van der Waals surface area (Å²) in [7, 11) is -3.34. The maximum absolute atomic E-state index is 12.9. The zero-order valence-electron chi connectivity index (χ0n) is 22.8. The van der Waals surface area contributed by atoms with Gasteiger partial charge >= 0.3 is 0 Å². The fraction of sp³-hybridized carbons (Fsp3) is 0.407. The molecule has 0 radical (unpaired) electrons. The molecule has 2 amide bonds. The summed E-state index contributed by atoms with van der Waals surface area (Å²) < 4.78 is 27.5. The number of hydrogen-bond acceptors (Lipinski definition) is 9. The number of benzene rings is 1. The van der Waals surface area contributed by atoms with Crippen LogP contribution in [0.1, 0.15) is 37.0 Å². The van der Waals surface area contributed by atoms with Crippen molar-refractivity contribution in [3.05, 3.63) is 54.5 Å². The number of nitrogens with zero attached hydrogens (tertiary/aromatic N) is 7. The van der Waals surface area contributed by atoms with Crippen LogP contribution in [-0.2, 0) is 20.4 Å². The fourth-order valence-corrected chi connectivity index (χ4v) is 6.37. The summed E-state index contributed by atoms with van der Waals surface area (Å²) in [5, 5.41) is 19.8. The molecule has 0 bridgehead atoms. The topological polar surface area (TPSA) is 166 Å². The normalized spacial score (nSPS) is 18.4. The molecule has 1 atom stereocenters. The van der Waals surface area contributed by atoms with Gasteiger partial charge in [-0.05, 0) is 43.7 Å². The third kappa shape index (κ3) is 5.91. The van der Waals surface area contributed by atoms with Crippen molar-refractivity contribution in [3.63, 3.8) is 0 Å². The minimum Gasteiger partial charge on any atom is -0.352 e. The molecule has 1 aromatic carbocycles. The van der Waals surface area contributed by atoms with Gasteiger partial charge in [-0.15, -0.1) is 0 Å². The van der Waals surface area contributed by atoms with E-state index in [-0.39, 0.29) is 43.1 Å². The standard InChI is InChI=1S/C27H31N9O4S/c1-3-41(39,40)35-17-27(18-35,10-11-28)36-15-21(14-30-36)24-8-12-29-26(33-24)32-22-6-4-20(5-7-22)25(38)34-13-9-23(16-34)31-19(2)37/h4-8,12,14-15,23H,3,9-10,13,16-18H2,1-2H3,(H,31,37)(H,29,32,33). The molecule has 2 aliphatic heterocycles. The van der Waals surface area contributed by atoms with Crippen LogP contribution in [-0.4, -0.2) is 87.2 Å². The van der Waals surface area contributed by atoms with Crippen molar-refractivity contribution in [3.8, 4) is 17.3 Å². The molecule has 0 aliphatic carbocycles. The SMILES string of the molecule is CCS(=O)(=O)N1CC(CC#N)(n2cc(-c3ccnc(Nc4ccc(C(=O)N5CCC(NC(C)=O)C5)cc4)n3)cn2)C1. The number of nitrogens with one attached hydrogen (secondary N) is 2. The van der Waals surface area contributed by atoms with Gasteiger partial charge in [-0.1, -0.05) is 0 Å². The van der Waals surface area contributed by atoms with Crippen molar-refractivity contribution in [1.29, 1.82) is 5.26 Å². The lowest BCUT2D eigenvalue weighted by atomic mass is 9.89. The lowest BCUT2D eigenvalue weighted by Crippen LogP contribution is -2.64. The van der Waals surface area contributed by atoms with Crippen LogP contribution in [0.15, 0.2) is 48.9 Å². The lowest BCUT2D eigenvalue weighted by Gasteiger charge is -2.47. The second-order valence-electron chi connectivity index (χ2n) is 10.3. The second-order valence-corrected chi connectivity index (χ2v) is 12.6. The smallest absolute Gasteiger partial charge is 0.253 e. The molecule has 2 aromatic heterocycles. The Kier molecular flexibility index (Phi) is 7.74. The van der Waals surface area contributed by atoms with Gasteiger partial charge in [-0.25, -0.2) is 18.4 Å². The molecule has 1 unspecified atom stereocenters. The average molecular weight is 578 g/mol. The summed E-state index contributed by atoms with van der Waals surface area (Å²) in [6, 6.07) is 10.9. The Morgan fingerprint density at radius 2 is 1.95 bits per heavy atom. The number of aromatic nitrogens is 4. The van der Waals surface area contributed by atoms with Crippen LogP contribution in [0.25, 0.3) is 11.3 Å². The highest BCUT2D eigenvalue weighted by Crippen LogP contribution is 2.35. The number of likely N-dealkylation sites (tertiary alicyclic amines) is 1. The first-order valence-corrected chi connectivity index (χ1v) is 14.9. The van der Waals surface area contributed by atoms with E-state index in [2.05, 4.69) is 31.8 Å². The van der Waals surface area contributed by atoms with Crippen molar-refractivity contribution < 1.29 is 18.0 Å². The van der Waals surface area contributed by atoms with Gasteiger partial charge in [-0.2, -0.15) is 14.7 Å². The first-order chi connectivity index (χ1) is 19.6. The molecule has 5 rings (SSSR count). The van der Waals surface area contributed by atoms with E-state index in [1.807, 2.05) is 0 Å². The van der Waals surface area contributed by atoms with Crippen LogP contribution >= 0.6 is 0 Å². The molecule has 14 heteroatoms. The Balaban J connectivity index is 1.25. The van der Waals surface area contributed by atoms with Gasteiger partial charge in [0.15, 0.2) is 0 Å². The van der Waals surface area contributed by atoms with Crippen molar-refractivity contribution in [2.75, 3.05) is 37.2 Å². The molecule has 41 heavy (non-hydrogen) atoms. The van der Waals surface area contributed by atoms with Crippen LogP contribution in [0.5, 0.6) is 0 Å². The van der Waals surface area contributed by atoms with Crippen LogP contribution in [0.3, 0.4) is 0 Å². The van der Waals surface area contributed by atoms with Gasteiger partial charge in [-0.3, -0.25) is 14.3 Å². The van der Waals surface area contributed by atoms with E-state index in [1.165, 1.54) is 11.2 Å². The Morgan fingerprint density at radius 1 is 1.20 bits per heavy atom. The molecule has 214 valence electrons. The highest BCUT2D eigenvalue weighted by molar-refractivity contribution is 7.89. The summed E-state index contributed by atoms with van der Waals surface area (Å²) in [6.07, 6.45) is 5.89. The summed E-state index contributed by atoms with van der Waals surface area (Å²) in [5.41, 5.74) is 1.84. The van der Waals surface area contributed by atoms with E-state index in [1.54, 1.807) is 65.4 Å². The van der Waals surface area contributed by atoms with E-state index in [9.17, 15) is 23.3 Å². The molecule has 4 heterocycles. The molecule has 0 spiro atoms. The molecule has 0 saturated carbocycles. The largest absolute Gasteiger partial charge is 0.352 e. The van der Waals surface area contributed by atoms with Crippen molar-refractivity contribution >= 4 is 33.5 Å². The molecule has 3 aromatic rings. The third-order valence-electron chi connectivity index (χ3n) is 7.40. The van der Waals surface area contributed by atoms with Gasteiger partial charge in [0, 0.05) is 68.4 Å². The summed E-state index contributed by atoms with van der Waals surface area (Å²) in [4.78, 5) is 34.8. The number of carbonyl (C=O) groups excluding carboxylic acids is 2. The van der Waals surface area contributed by atoms with Crippen LogP contribution in [0.4, 0.5) is 11.6 Å². The first kappa shape index (κ1) is 28.2. The predicted molar refractivity (Wildman–Crippen MR) is 150 cm³/mol. The van der Waals surface area contributed by atoms with Crippen LogP contribution in [0, 0.1) is 11.3 Å². The Morgan fingerprint density at radius 3 is 2.63 bits per heavy atom. The highest BCUT2D eigenvalue weighted by atomic mass is 32.2. The van der Waals surface area contributed by atoms with Gasteiger partial charge in [0.1, 0.15) is 5.54 Å². The van der Waals surface area contributed by atoms with E-state index < -0.39 is 15.6 Å². The van der Waals surface area contributed by atoms with Crippen molar-refractivity contribution in [2.24, 2.45) is 0 Å². The minimum atomic E-state index is -3.34. The zero-order valence-corrected chi connectivity index (χ0v) is 23.6. The van der Waals surface area contributed by atoms with Crippen molar-refractivity contribution in [1.82, 2.24) is 34.3 Å². The van der Waals surface area contributed by atoms with Gasteiger partial charge in [0.05, 0.1) is 30.1 Å². The van der Waals surface area contributed by atoms with Gasteiger partial charge in [0.25, 0.3) is 5.91 Å². The monoisotopic (exact) mass is 577 g/mol. The minimum absolute atomic E-state index is 0.00847. The average Bonchev–Trinajstić information content (AvgIpc) is 3.61. The van der Waals surface area contributed by atoms with E-state index in [0.717, 1.165) is 6.42 Å². The maximum Gasteiger partial charge on any atom is 0.253 e. The van der Waals surface area contributed by atoms with Gasteiger partial charge in [0.2, 0.25) is 21.9 Å². The molecule has 2 fully saturated rings. The predicted octanol–water partition coefficient (Wildman–Crippen LogP) is 1.71. The number of nitriles is 1. The maximum atomic E-state index is 12.9. The number of anilines is 2. The number of sulfonamides is 1. The Labute approximate surface area is 238 Å². The zero-order chi connectivity index (χ0) is 29.2. The van der Waals surface area contributed by atoms with Crippen molar-refractivity contribution in [2.45, 2.75) is 38.3 Å². The van der Waals surface area contributed by atoms with Crippen LogP contribution in [0.2, 0.25) is 0 Å². The van der Waals surface area contributed by atoms with Crippen LogP contribution < -0.4 is 10.6 Å². The molecular weight excluding hydrogens is 546 g/mol. The molecule has 2 aliphatic rings. The Bertz CT molecular complexity index is 1590. The fourth-order valence-electron chi connectivity index (χ4n) is 5.13. The molecule has 13 nitrogen and oxygen atoms in total. The van der Waals surface area contributed by atoms with E-state index in [4.69, 9.17) is 0 Å².